The number of rotatable bonds is 5. The topological polar surface area (TPSA) is 21.3 Å². The fourth-order valence-corrected chi connectivity index (χ4v) is 3.30. The highest BCUT2D eigenvalue weighted by Gasteiger charge is 2.29. The lowest BCUT2D eigenvalue weighted by molar-refractivity contribution is 0.102. The van der Waals surface area contributed by atoms with Crippen LogP contribution in [-0.4, -0.2) is 25.3 Å². The minimum absolute atomic E-state index is 0.528. The van der Waals surface area contributed by atoms with Gasteiger partial charge in [-0.25, -0.2) is 0 Å². The first kappa shape index (κ1) is 13.1. The fourth-order valence-electron chi connectivity index (χ4n) is 3.30. The van der Waals surface area contributed by atoms with Gasteiger partial charge in [0.05, 0.1) is 6.10 Å². The normalized spacial score (nSPS) is 30.3. The molecule has 1 heterocycles. The molecule has 0 aromatic heterocycles. The summed E-state index contributed by atoms with van der Waals surface area (Å²) in [4.78, 5) is 0. The Balaban J connectivity index is 1.36. The van der Waals surface area contributed by atoms with Crippen molar-refractivity contribution in [2.45, 2.75) is 57.1 Å². The van der Waals surface area contributed by atoms with E-state index < -0.39 is 0 Å². The van der Waals surface area contributed by atoms with E-state index in [1.54, 1.807) is 0 Å². The number of hydrogen-bond donors (Lipinski definition) is 1. The molecule has 2 heteroatoms. The molecular formula is C17H25NO. The monoisotopic (exact) mass is 259 g/mol. The van der Waals surface area contributed by atoms with Gasteiger partial charge in [0.15, 0.2) is 0 Å². The zero-order chi connectivity index (χ0) is 13.1. The first-order chi connectivity index (χ1) is 9.31. The van der Waals surface area contributed by atoms with Crippen LogP contribution in [0.3, 0.4) is 0 Å². The molecule has 3 rings (SSSR count). The third-order valence-electron chi connectivity index (χ3n) is 4.57. The van der Waals surface area contributed by atoms with Crippen LogP contribution in [0.1, 0.15) is 49.1 Å². The summed E-state index contributed by atoms with van der Waals surface area (Å²) < 4.78 is 5.65. The predicted octanol–water partition coefficient (Wildman–Crippen LogP) is 3.40. The van der Waals surface area contributed by atoms with Crippen molar-refractivity contribution in [1.29, 1.82) is 0 Å². The summed E-state index contributed by atoms with van der Waals surface area (Å²) in [5.74, 6) is 0.778. The third kappa shape index (κ3) is 3.37. The van der Waals surface area contributed by atoms with Crippen molar-refractivity contribution in [3.8, 4) is 0 Å². The van der Waals surface area contributed by atoms with Gasteiger partial charge in [-0.1, -0.05) is 29.8 Å². The van der Waals surface area contributed by atoms with Gasteiger partial charge < -0.3 is 10.1 Å². The smallest absolute Gasteiger partial charge is 0.0588 e. The maximum atomic E-state index is 5.65. The average Bonchev–Trinajstić information content (AvgIpc) is 2.85. The Kier molecular flexibility index (Phi) is 4.19. The van der Waals surface area contributed by atoms with Crippen molar-refractivity contribution in [3.05, 3.63) is 35.4 Å². The predicted molar refractivity (Wildman–Crippen MR) is 78.5 cm³/mol. The highest BCUT2D eigenvalue weighted by molar-refractivity contribution is 5.27. The SMILES string of the molecule is Cc1cccc(C2CC(NCCC3CCCO3)C2)c1. The highest BCUT2D eigenvalue weighted by Crippen LogP contribution is 2.37. The molecule has 0 bridgehead atoms. The summed E-state index contributed by atoms with van der Waals surface area (Å²) in [7, 11) is 0. The van der Waals surface area contributed by atoms with Crippen LogP contribution in [-0.2, 0) is 4.74 Å². The Hall–Kier alpha value is -0.860. The standard InChI is InChI=1S/C17H25NO/c1-13-4-2-5-14(10-13)15-11-16(12-15)18-8-7-17-6-3-9-19-17/h2,4-5,10,15-18H,3,6-9,11-12H2,1H3. The van der Waals surface area contributed by atoms with Crippen molar-refractivity contribution in [3.63, 3.8) is 0 Å². The number of hydrogen-bond acceptors (Lipinski definition) is 2. The van der Waals surface area contributed by atoms with Crippen LogP contribution >= 0.6 is 0 Å². The molecule has 2 nitrogen and oxygen atoms in total. The van der Waals surface area contributed by atoms with Gasteiger partial charge in [-0.3, -0.25) is 0 Å². The van der Waals surface area contributed by atoms with Gasteiger partial charge in [0, 0.05) is 12.6 Å². The molecule has 1 N–H and O–H groups in total. The lowest BCUT2D eigenvalue weighted by Crippen LogP contribution is -2.41. The zero-order valence-electron chi connectivity index (χ0n) is 11.9. The van der Waals surface area contributed by atoms with E-state index in [-0.39, 0.29) is 0 Å². The third-order valence-corrected chi connectivity index (χ3v) is 4.57. The van der Waals surface area contributed by atoms with E-state index in [1.165, 1.54) is 43.2 Å². The molecule has 19 heavy (non-hydrogen) atoms. The Bertz CT molecular complexity index is 405. The molecule has 1 atom stereocenters. The van der Waals surface area contributed by atoms with Crippen LogP contribution in [0.25, 0.3) is 0 Å². The number of nitrogens with one attached hydrogen (secondary N) is 1. The number of benzene rings is 1. The van der Waals surface area contributed by atoms with Crippen molar-refractivity contribution >= 4 is 0 Å². The summed E-state index contributed by atoms with van der Waals surface area (Å²) in [5.41, 5.74) is 2.91. The van der Waals surface area contributed by atoms with Crippen molar-refractivity contribution in [1.82, 2.24) is 5.32 Å². The molecule has 1 unspecified atom stereocenters. The average molecular weight is 259 g/mol. The molecule has 1 saturated carbocycles. The first-order valence-electron chi connectivity index (χ1n) is 7.73. The number of ether oxygens (including phenoxy) is 1. The van der Waals surface area contributed by atoms with Gasteiger partial charge in [-0.15, -0.1) is 0 Å². The van der Waals surface area contributed by atoms with Gasteiger partial charge in [0.2, 0.25) is 0 Å². The summed E-state index contributed by atoms with van der Waals surface area (Å²) in [5, 5.41) is 3.68. The summed E-state index contributed by atoms with van der Waals surface area (Å²) in [6.07, 6.45) is 6.83. The van der Waals surface area contributed by atoms with E-state index >= 15 is 0 Å². The summed E-state index contributed by atoms with van der Waals surface area (Å²) in [6, 6.07) is 9.71. The Morgan fingerprint density at radius 3 is 2.95 bits per heavy atom. The lowest BCUT2D eigenvalue weighted by Gasteiger charge is -2.36. The van der Waals surface area contributed by atoms with E-state index in [2.05, 4.69) is 36.5 Å². The molecule has 0 spiro atoms. The second-order valence-corrected chi connectivity index (χ2v) is 6.16. The Labute approximate surface area is 116 Å². The molecule has 1 aromatic rings. The van der Waals surface area contributed by atoms with E-state index in [1.807, 2.05) is 0 Å². The van der Waals surface area contributed by atoms with Crippen LogP contribution in [0, 0.1) is 6.92 Å². The largest absolute Gasteiger partial charge is 0.378 e. The molecule has 104 valence electrons. The zero-order valence-corrected chi connectivity index (χ0v) is 11.9. The van der Waals surface area contributed by atoms with Crippen LogP contribution < -0.4 is 5.32 Å². The molecule has 2 fully saturated rings. The maximum absolute atomic E-state index is 5.65. The van der Waals surface area contributed by atoms with E-state index in [4.69, 9.17) is 4.74 Å². The summed E-state index contributed by atoms with van der Waals surface area (Å²) in [6.45, 7) is 4.28. The van der Waals surface area contributed by atoms with E-state index in [0.717, 1.165) is 25.1 Å². The van der Waals surface area contributed by atoms with Crippen LogP contribution in [0.5, 0.6) is 0 Å². The molecule has 1 aliphatic carbocycles. The van der Waals surface area contributed by atoms with Gasteiger partial charge in [-0.05, 0) is 57.1 Å². The Morgan fingerprint density at radius 2 is 2.21 bits per heavy atom. The fraction of sp³-hybridized carbons (Fsp3) is 0.647. The van der Waals surface area contributed by atoms with E-state index in [9.17, 15) is 0 Å². The molecule has 1 saturated heterocycles. The second kappa shape index (κ2) is 6.06. The van der Waals surface area contributed by atoms with Gasteiger partial charge >= 0.3 is 0 Å². The minimum atomic E-state index is 0.528. The molecule has 0 radical (unpaired) electrons. The molecule has 0 amide bonds. The van der Waals surface area contributed by atoms with Gasteiger partial charge in [0.25, 0.3) is 0 Å². The van der Waals surface area contributed by atoms with Crippen molar-refractivity contribution in [2.24, 2.45) is 0 Å². The van der Waals surface area contributed by atoms with Crippen LogP contribution in [0.4, 0.5) is 0 Å². The second-order valence-electron chi connectivity index (χ2n) is 6.16. The van der Waals surface area contributed by atoms with Crippen molar-refractivity contribution < 1.29 is 4.74 Å². The first-order valence-corrected chi connectivity index (χ1v) is 7.73. The van der Waals surface area contributed by atoms with Crippen LogP contribution in [0.2, 0.25) is 0 Å². The van der Waals surface area contributed by atoms with Crippen molar-refractivity contribution in [2.75, 3.05) is 13.2 Å². The Morgan fingerprint density at radius 1 is 1.32 bits per heavy atom. The van der Waals surface area contributed by atoms with Gasteiger partial charge in [-0.2, -0.15) is 0 Å². The van der Waals surface area contributed by atoms with Crippen LogP contribution in [0.15, 0.2) is 24.3 Å². The van der Waals surface area contributed by atoms with E-state index in [0.29, 0.717) is 6.10 Å². The number of aryl methyl sites for hydroxylation is 1. The molecule has 1 aromatic carbocycles. The minimum Gasteiger partial charge on any atom is -0.378 e. The molecule has 2 aliphatic rings. The highest BCUT2D eigenvalue weighted by atomic mass is 16.5. The molecular weight excluding hydrogens is 234 g/mol. The lowest BCUT2D eigenvalue weighted by atomic mass is 9.75. The van der Waals surface area contributed by atoms with Gasteiger partial charge in [0.1, 0.15) is 0 Å². The quantitative estimate of drug-likeness (QED) is 0.875. The maximum Gasteiger partial charge on any atom is 0.0588 e. The summed E-state index contributed by atoms with van der Waals surface area (Å²) >= 11 is 0. The molecule has 1 aliphatic heterocycles.